The second kappa shape index (κ2) is 8.17. The monoisotopic (exact) mass is 469 g/mol. The average molecular weight is 469 g/mol. The van der Waals surface area contributed by atoms with E-state index in [9.17, 15) is 8.42 Å². The Kier molecular flexibility index (Phi) is 5.17. The number of aromatic nitrogens is 2. The molecule has 1 aliphatic rings. The maximum Gasteiger partial charge on any atom is 0.270 e. The number of fused-ring (bicyclic) bond motifs is 3. The summed E-state index contributed by atoms with van der Waals surface area (Å²) in [5.74, 6) is 1.61. The fourth-order valence-electron chi connectivity index (χ4n) is 3.68. The van der Waals surface area contributed by atoms with E-state index in [1.807, 2.05) is 6.07 Å². The minimum absolute atomic E-state index is 0.0134. The van der Waals surface area contributed by atoms with E-state index in [4.69, 9.17) is 23.5 Å². The van der Waals surface area contributed by atoms with Crippen molar-refractivity contribution in [2.24, 2.45) is 0 Å². The second-order valence-electron chi connectivity index (χ2n) is 7.05. The van der Waals surface area contributed by atoms with Gasteiger partial charge in [-0.1, -0.05) is 17.3 Å². The number of rotatable bonds is 7. The van der Waals surface area contributed by atoms with Crippen LogP contribution in [0.15, 0.2) is 58.1 Å². The Labute approximate surface area is 189 Å². The summed E-state index contributed by atoms with van der Waals surface area (Å²) >= 11 is 0. The maximum absolute atomic E-state index is 13.3. The number of ether oxygens (including phenoxy) is 4. The molecule has 3 heterocycles. The lowest BCUT2D eigenvalue weighted by molar-refractivity contribution is 0.360. The number of nitrogens with one attached hydrogen (secondary N) is 1. The number of pyridine rings is 1. The zero-order valence-electron chi connectivity index (χ0n) is 17.7. The maximum atomic E-state index is 13.3. The van der Waals surface area contributed by atoms with Crippen molar-refractivity contribution in [1.82, 2.24) is 10.1 Å². The molecule has 0 amide bonds. The summed E-state index contributed by atoms with van der Waals surface area (Å²) in [5, 5.41) is 4.34. The topological polar surface area (TPSA) is 122 Å². The Morgan fingerprint density at radius 3 is 2.52 bits per heavy atom. The summed E-state index contributed by atoms with van der Waals surface area (Å²) < 4.78 is 56.7. The Morgan fingerprint density at radius 2 is 1.82 bits per heavy atom. The molecule has 0 saturated carbocycles. The van der Waals surface area contributed by atoms with Gasteiger partial charge in [-0.2, -0.15) is 0 Å². The van der Waals surface area contributed by atoms with Gasteiger partial charge >= 0.3 is 0 Å². The van der Waals surface area contributed by atoms with Crippen LogP contribution in [0.2, 0.25) is 0 Å². The van der Waals surface area contributed by atoms with E-state index in [-0.39, 0.29) is 22.2 Å². The van der Waals surface area contributed by atoms with Crippen LogP contribution >= 0.6 is 0 Å². The van der Waals surface area contributed by atoms with Gasteiger partial charge in [-0.15, -0.1) is 0 Å². The van der Waals surface area contributed by atoms with Crippen LogP contribution in [0.5, 0.6) is 28.9 Å². The summed E-state index contributed by atoms with van der Waals surface area (Å²) in [4.78, 5) is 4.02. The molecule has 0 bridgehead atoms. The van der Waals surface area contributed by atoms with Crippen LogP contribution in [0.4, 0.5) is 5.82 Å². The molecule has 1 aliphatic heterocycles. The Bertz CT molecular complexity index is 1410. The predicted octanol–water partition coefficient (Wildman–Crippen LogP) is 3.77. The van der Waals surface area contributed by atoms with Gasteiger partial charge in [0.15, 0.2) is 16.3 Å². The first kappa shape index (κ1) is 20.9. The highest BCUT2D eigenvalue weighted by molar-refractivity contribution is 7.93. The molecule has 11 heteroatoms. The Balaban J connectivity index is 1.58. The lowest BCUT2D eigenvalue weighted by atomic mass is 10.1. The molecule has 4 aromatic rings. The van der Waals surface area contributed by atoms with E-state index in [1.54, 1.807) is 30.5 Å². The fourth-order valence-corrected chi connectivity index (χ4v) is 5.01. The van der Waals surface area contributed by atoms with Crippen LogP contribution in [0, 0.1) is 0 Å². The minimum atomic E-state index is -4.16. The van der Waals surface area contributed by atoms with Crippen molar-refractivity contribution >= 4 is 26.8 Å². The SMILES string of the molecule is COc1cccc(OC)c1S(=O)(=O)Nc1noc2cc(Oc3ccccn3)c3c(c12)OCC3. The van der Waals surface area contributed by atoms with Crippen LogP contribution in [-0.2, 0) is 16.4 Å². The van der Waals surface area contributed by atoms with Crippen LogP contribution in [0.1, 0.15) is 5.56 Å². The van der Waals surface area contributed by atoms with Gasteiger partial charge in [-0.05, 0) is 18.2 Å². The van der Waals surface area contributed by atoms with Crippen molar-refractivity contribution in [2.75, 3.05) is 25.5 Å². The number of methoxy groups -OCH3 is 2. The van der Waals surface area contributed by atoms with Gasteiger partial charge in [0.2, 0.25) is 5.88 Å². The number of hydrogen-bond donors (Lipinski definition) is 1. The smallest absolute Gasteiger partial charge is 0.270 e. The third-order valence-corrected chi connectivity index (χ3v) is 6.51. The number of hydrogen-bond acceptors (Lipinski definition) is 9. The summed E-state index contributed by atoms with van der Waals surface area (Å²) in [6, 6.07) is 11.7. The van der Waals surface area contributed by atoms with E-state index >= 15 is 0 Å². The summed E-state index contributed by atoms with van der Waals surface area (Å²) in [6.45, 7) is 0.407. The van der Waals surface area contributed by atoms with Crippen LogP contribution in [0.25, 0.3) is 11.0 Å². The van der Waals surface area contributed by atoms with Gasteiger partial charge in [-0.3, -0.25) is 4.72 Å². The van der Waals surface area contributed by atoms with Crippen LogP contribution in [-0.4, -0.2) is 39.4 Å². The molecule has 0 spiro atoms. The van der Waals surface area contributed by atoms with E-state index in [0.29, 0.717) is 41.4 Å². The molecular weight excluding hydrogens is 450 g/mol. The number of nitrogens with zero attached hydrogens (tertiary/aromatic N) is 2. The quantitative estimate of drug-likeness (QED) is 0.431. The number of anilines is 1. The predicted molar refractivity (Wildman–Crippen MR) is 118 cm³/mol. The molecule has 33 heavy (non-hydrogen) atoms. The Hall–Kier alpha value is -3.99. The van der Waals surface area contributed by atoms with Crippen molar-refractivity contribution in [3.8, 4) is 28.9 Å². The number of sulfonamides is 1. The van der Waals surface area contributed by atoms with Crippen molar-refractivity contribution in [3.05, 3.63) is 54.2 Å². The van der Waals surface area contributed by atoms with Gasteiger partial charge in [0.05, 0.1) is 20.8 Å². The fraction of sp³-hybridized carbons (Fsp3) is 0.182. The molecule has 0 saturated heterocycles. The number of benzene rings is 2. The van der Waals surface area contributed by atoms with E-state index < -0.39 is 10.0 Å². The molecular formula is C22H19N3O7S. The Morgan fingerprint density at radius 1 is 1.03 bits per heavy atom. The summed E-state index contributed by atoms with van der Waals surface area (Å²) in [5.41, 5.74) is 1.07. The molecule has 2 aromatic heterocycles. The first-order chi connectivity index (χ1) is 16.0. The molecule has 0 radical (unpaired) electrons. The van der Waals surface area contributed by atoms with Crippen molar-refractivity contribution in [2.45, 2.75) is 11.3 Å². The standard InChI is InChI=1S/C22H19N3O7S/c1-28-14-6-5-7-15(29-2)21(14)33(26,27)25-22-19-17(32-24-22)12-16(13-9-11-30-20(13)19)31-18-8-3-4-10-23-18/h3-8,10,12H,9,11H2,1-2H3,(H,24,25). The van der Waals surface area contributed by atoms with Crippen molar-refractivity contribution in [3.63, 3.8) is 0 Å². The zero-order valence-corrected chi connectivity index (χ0v) is 18.5. The third kappa shape index (κ3) is 3.65. The molecule has 10 nitrogen and oxygen atoms in total. The van der Waals surface area contributed by atoms with Gasteiger partial charge < -0.3 is 23.5 Å². The second-order valence-corrected chi connectivity index (χ2v) is 8.67. The van der Waals surface area contributed by atoms with Gasteiger partial charge in [-0.25, -0.2) is 13.4 Å². The van der Waals surface area contributed by atoms with Crippen LogP contribution < -0.4 is 23.7 Å². The molecule has 0 unspecified atom stereocenters. The highest BCUT2D eigenvalue weighted by atomic mass is 32.2. The normalized spacial score (nSPS) is 12.8. The van der Waals surface area contributed by atoms with Crippen molar-refractivity contribution < 1.29 is 31.9 Å². The summed E-state index contributed by atoms with van der Waals surface area (Å²) in [7, 11) is -1.40. The highest BCUT2D eigenvalue weighted by Crippen LogP contribution is 2.45. The van der Waals surface area contributed by atoms with Gasteiger partial charge in [0.1, 0.15) is 28.4 Å². The van der Waals surface area contributed by atoms with E-state index in [2.05, 4.69) is 14.9 Å². The van der Waals surface area contributed by atoms with Gasteiger partial charge in [0.25, 0.3) is 10.0 Å². The molecule has 2 aromatic carbocycles. The third-order valence-electron chi connectivity index (χ3n) is 5.11. The van der Waals surface area contributed by atoms with E-state index in [1.165, 1.54) is 26.4 Å². The van der Waals surface area contributed by atoms with Crippen LogP contribution in [0.3, 0.4) is 0 Å². The molecule has 0 aliphatic carbocycles. The molecule has 0 atom stereocenters. The molecule has 5 rings (SSSR count). The average Bonchev–Trinajstić information content (AvgIpc) is 3.46. The van der Waals surface area contributed by atoms with Crippen molar-refractivity contribution in [1.29, 1.82) is 0 Å². The first-order valence-corrected chi connectivity index (χ1v) is 11.4. The van der Waals surface area contributed by atoms with Gasteiger partial charge in [0, 0.05) is 30.3 Å². The molecule has 1 N–H and O–H groups in total. The lowest BCUT2D eigenvalue weighted by Crippen LogP contribution is -2.15. The molecule has 0 fully saturated rings. The lowest BCUT2D eigenvalue weighted by Gasteiger charge is -2.14. The summed E-state index contributed by atoms with van der Waals surface area (Å²) in [6.07, 6.45) is 2.20. The largest absolute Gasteiger partial charge is 0.495 e. The zero-order chi connectivity index (χ0) is 23.0. The first-order valence-electron chi connectivity index (χ1n) is 9.92. The molecule has 170 valence electrons. The highest BCUT2D eigenvalue weighted by Gasteiger charge is 2.31. The van der Waals surface area contributed by atoms with E-state index in [0.717, 1.165) is 5.56 Å². The minimum Gasteiger partial charge on any atom is -0.495 e.